The van der Waals surface area contributed by atoms with E-state index in [2.05, 4.69) is 168 Å². The van der Waals surface area contributed by atoms with Crippen LogP contribution in [0.1, 0.15) is 101 Å². The van der Waals surface area contributed by atoms with E-state index < -0.39 is 0 Å². The predicted molar refractivity (Wildman–Crippen MR) is 197 cm³/mol. The van der Waals surface area contributed by atoms with Crippen LogP contribution in [-0.2, 0) is 0 Å². The Bertz CT molecular complexity index is 1710. The molecule has 2 heterocycles. The van der Waals surface area contributed by atoms with Crippen molar-refractivity contribution in [2.75, 3.05) is 9.80 Å². The molecule has 0 atom stereocenters. The summed E-state index contributed by atoms with van der Waals surface area (Å²) in [5.41, 5.74) is 17.6. The molecule has 0 fully saturated rings. The van der Waals surface area contributed by atoms with Gasteiger partial charge in [0.15, 0.2) is 0 Å². The van der Waals surface area contributed by atoms with Gasteiger partial charge in [-0.1, -0.05) is 134 Å². The number of anilines is 6. The third-order valence-corrected chi connectivity index (χ3v) is 9.94. The lowest BCUT2D eigenvalue weighted by atomic mass is 9.33. The molecule has 0 aliphatic carbocycles. The van der Waals surface area contributed by atoms with E-state index in [1.165, 1.54) is 72.8 Å². The standard InChI is InChI=1S/C42H45BN2/c1-26(2)30-16-13-17-31(27(3)4)41(30)44-36-22-11-9-20-34(36)43-35-21-10-12-23-37(35)45(39-25-15-24-38(44)40(39)43)42-32(28(5)6)18-14-19-33(42)29(7)8/h9-29H,1-8H3. The molecule has 0 radical (unpaired) electrons. The molecule has 0 spiro atoms. The van der Waals surface area contributed by atoms with Crippen LogP contribution in [0.2, 0.25) is 0 Å². The van der Waals surface area contributed by atoms with Gasteiger partial charge in [-0.15, -0.1) is 0 Å². The van der Waals surface area contributed by atoms with Crippen LogP contribution in [0, 0.1) is 0 Å². The summed E-state index contributed by atoms with van der Waals surface area (Å²) >= 11 is 0. The summed E-state index contributed by atoms with van der Waals surface area (Å²) in [6.07, 6.45) is 0. The second kappa shape index (κ2) is 11.3. The van der Waals surface area contributed by atoms with E-state index in [-0.39, 0.29) is 6.71 Å². The van der Waals surface area contributed by atoms with Gasteiger partial charge in [-0.05, 0) is 86.6 Å². The number of fused-ring (bicyclic) bond motifs is 4. The fraction of sp³-hybridized carbons (Fsp3) is 0.286. The molecule has 226 valence electrons. The van der Waals surface area contributed by atoms with Crippen LogP contribution in [0.4, 0.5) is 34.1 Å². The van der Waals surface area contributed by atoms with Gasteiger partial charge in [-0.3, -0.25) is 0 Å². The first kappa shape index (κ1) is 29.5. The molecular weight excluding hydrogens is 543 g/mol. The summed E-state index contributed by atoms with van der Waals surface area (Å²) in [6.45, 7) is 18.8. The maximum atomic E-state index is 2.61. The molecule has 7 rings (SSSR count). The van der Waals surface area contributed by atoms with Gasteiger partial charge in [0.2, 0.25) is 0 Å². The largest absolute Gasteiger partial charge is 0.311 e. The smallest absolute Gasteiger partial charge is 0.252 e. The van der Waals surface area contributed by atoms with E-state index in [9.17, 15) is 0 Å². The van der Waals surface area contributed by atoms with E-state index in [1.54, 1.807) is 0 Å². The quantitative estimate of drug-likeness (QED) is 0.178. The Morgan fingerprint density at radius 1 is 0.378 bits per heavy atom. The highest BCUT2D eigenvalue weighted by Crippen LogP contribution is 2.49. The first-order chi connectivity index (χ1) is 21.7. The van der Waals surface area contributed by atoms with Crippen LogP contribution >= 0.6 is 0 Å². The van der Waals surface area contributed by atoms with Crippen molar-refractivity contribution in [1.82, 2.24) is 0 Å². The zero-order valence-corrected chi connectivity index (χ0v) is 28.1. The molecule has 0 N–H and O–H groups in total. The summed E-state index contributed by atoms with van der Waals surface area (Å²) in [7, 11) is 0. The van der Waals surface area contributed by atoms with E-state index >= 15 is 0 Å². The fourth-order valence-corrected chi connectivity index (χ4v) is 7.86. The summed E-state index contributed by atoms with van der Waals surface area (Å²) in [6, 6.07) is 39.2. The average Bonchev–Trinajstić information content (AvgIpc) is 3.03. The van der Waals surface area contributed by atoms with Gasteiger partial charge in [0.05, 0.1) is 11.4 Å². The lowest BCUT2D eigenvalue weighted by molar-refractivity contribution is 0.830. The zero-order chi connectivity index (χ0) is 31.6. The Hall–Kier alpha value is -4.24. The minimum atomic E-state index is 0.151. The van der Waals surface area contributed by atoms with Gasteiger partial charge in [0.1, 0.15) is 0 Å². The zero-order valence-electron chi connectivity index (χ0n) is 28.1. The molecular formula is C42H45BN2. The van der Waals surface area contributed by atoms with Gasteiger partial charge in [0.25, 0.3) is 6.71 Å². The molecule has 0 aromatic heterocycles. The third-order valence-electron chi connectivity index (χ3n) is 9.94. The first-order valence-corrected chi connectivity index (χ1v) is 16.9. The normalized spacial score (nSPS) is 13.6. The molecule has 0 saturated carbocycles. The topological polar surface area (TPSA) is 6.48 Å². The summed E-state index contributed by atoms with van der Waals surface area (Å²) in [4.78, 5) is 5.22. The Morgan fingerprint density at radius 2 is 0.689 bits per heavy atom. The SMILES string of the molecule is CC(C)c1cccc(C(C)C)c1N1c2ccccc2B2c3ccccc3N(c3c(C(C)C)cccc3C(C)C)c3cccc1c32. The Balaban J connectivity index is 1.61. The molecule has 0 amide bonds. The number of hydrogen-bond acceptors (Lipinski definition) is 2. The molecule has 5 aromatic carbocycles. The van der Waals surface area contributed by atoms with Crippen LogP contribution in [0.5, 0.6) is 0 Å². The molecule has 0 unspecified atom stereocenters. The minimum Gasteiger partial charge on any atom is -0.311 e. The van der Waals surface area contributed by atoms with E-state index in [4.69, 9.17) is 0 Å². The number of para-hydroxylation sites is 4. The van der Waals surface area contributed by atoms with Crippen molar-refractivity contribution in [3.63, 3.8) is 0 Å². The van der Waals surface area contributed by atoms with Crippen LogP contribution < -0.4 is 26.2 Å². The van der Waals surface area contributed by atoms with Crippen molar-refractivity contribution in [1.29, 1.82) is 0 Å². The number of hydrogen-bond donors (Lipinski definition) is 0. The van der Waals surface area contributed by atoms with Gasteiger partial charge < -0.3 is 9.80 Å². The van der Waals surface area contributed by atoms with E-state index in [0.29, 0.717) is 23.7 Å². The van der Waals surface area contributed by atoms with E-state index in [0.717, 1.165) is 0 Å². The summed E-state index contributed by atoms with van der Waals surface area (Å²) in [5, 5.41) is 0. The predicted octanol–water partition coefficient (Wildman–Crippen LogP) is 10.3. The maximum absolute atomic E-state index is 2.61. The molecule has 0 saturated heterocycles. The number of nitrogens with zero attached hydrogens (tertiary/aromatic N) is 2. The highest BCUT2D eigenvalue weighted by Gasteiger charge is 2.44. The van der Waals surface area contributed by atoms with Crippen LogP contribution in [0.3, 0.4) is 0 Å². The molecule has 45 heavy (non-hydrogen) atoms. The van der Waals surface area contributed by atoms with Crippen molar-refractivity contribution in [3.05, 3.63) is 125 Å². The second-order valence-corrected chi connectivity index (χ2v) is 14.1. The first-order valence-electron chi connectivity index (χ1n) is 16.9. The van der Waals surface area contributed by atoms with Crippen LogP contribution in [0.15, 0.2) is 103 Å². The molecule has 2 aliphatic heterocycles. The van der Waals surface area contributed by atoms with Crippen LogP contribution in [0.25, 0.3) is 0 Å². The average molecular weight is 589 g/mol. The summed E-state index contributed by atoms with van der Waals surface area (Å²) < 4.78 is 0. The van der Waals surface area contributed by atoms with Gasteiger partial charge >= 0.3 is 0 Å². The highest BCUT2D eigenvalue weighted by molar-refractivity contribution is 7.00. The number of rotatable bonds is 6. The molecule has 2 aliphatic rings. The van der Waals surface area contributed by atoms with E-state index in [1.807, 2.05) is 0 Å². The van der Waals surface area contributed by atoms with Crippen LogP contribution in [-0.4, -0.2) is 6.71 Å². The van der Waals surface area contributed by atoms with Gasteiger partial charge in [-0.25, -0.2) is 0 Å². The fourth-order valence-electron chi connectivity index (χ4n) is 7.86. The second-order valence-electron chi connectivity index (χ2n) is 14.1. The van der Waals surface area contributed by atoms with Crippen molar-refractivity contribution in [3.8, 4) is 0 Å². The van der Waals surface area contributed by atoms with Crippen molar-refractivity contribution in [2.45, 2.75) is 79.1 Å². The van der Waals surface area contributed by atoms with Crippen molar-refractivity contribution < 1.29 is 0 Å². The minimum absolute atomic E-state index is 0.151. The van der Waals surface area contributed by atoms with Gasteiger partial charge in [0, 0.05) is 22.7 Å². The van der Waals surface area contributed by atoms with Gasteiger partial charge in [-0.2, -0.15) is 0 Å². The van der Waals surface area contributed by atoms with Crippen molar-refractivity contribution >= 4 is 57.2 Å². The Labute approximate surface area is 270 Å². The molecule has 3 heteroatoms. The maximum Gasteiger partial charge on any atom is 0.252 e. The Morgan fingerprint density at radius 3 is 1.04 bits per heavy atom. The lowest BCUT2D eigenvalue weighted by Crippen LogP contribution is -2.61. The summed E-state index contributed by atoms with van der Waals surface area (Å²) in [5.74, 6) is 1.58. The molecule has 2 nitrogen and oxygen atoms in total. The Kier molecular flexibility index (Phi) is 7.39. The van der Waals surface area contributed by atoms with Crippen molar-refractivity contribution in [2.24, 2.45) is 0 Å². The molecule has 5 aromatic rings. The monoisotopic (exact) mass is 588 g/mol. The molecule has 0 bridgehead atoms. The third kappa shape index (κ3) is 4.54. The number of benzene rings is 5. The lowest BCUT2D eigenvalue weighted by Gasteiger charge is -2.46. The highest BCUT2D eigenvalue weighted by atomic mass is 15.2.